The Balaban J connectivity index is 2.48. The SMILES string of the molecule is COCCn1c2c(cc(CN)c1=O)CCCC2. The first kappa shape index (κ1) is 12.3. The molecule has 0 radical (unpaired) electrons. The van der Waals surface area contributed by atoms with Gasteiger partial charge >= 0.3 is 0 Å². The largest absolute Gasteiger partial charge is 0.383 e. The van der Waals surface area contributed by atoms with Crippen LogP contribution in [0.5, 0.6) is 0 Å². The van der Waals surface area contributed by atoms with Crippen LogP contribution >= 0.6 is 0 Å². The molecule has 1 aliphatic rings. The van der Waals surface area contributed by atoms with E-state index in [2.05, 4.69) is 0 Å². The van der Waals surface area contributed by atoms with Gasteiger partial charge in [0, 0.05) is 31.5 Å². The van der Waals surface area contributed by atoms with E-state index in [9.17, 15) is 4.79 Å². The molecule has 0 spiro atoms. The molecule has 2 rings (SSSR count). The third-order valence-electron chi connectivity index (χ3n) is 3.41. The first-order chi connectivity index (χ1) is 8.27. The minimum absolute atomic E-state index is 0.0604. The molecule has 94 valence electrons. The Hall–Kier alpha value is -1.13. The summed E-state index contributed by atoms with van der Waals surface area (Å²) in [6.45, 7) is 1.52. The van der Waals surface area contributed by atoms with Crippen LogP contribution < -0.4 is 11.3 Å². The van der Waals surface area contributed by atoms with Crippen LogP contribution in [0.4, 0.5) is 0 Å². The summed E-state index contributed by atoms with van der Waals surface area (Å²) in [5.74, 6) is 0. The fourth-order valence-electron chi connectivity index (χ4n) is 2.51. The average Bonchev–Trinajstić information content (AvgIpc) is 2.37. The third-order valence-corrected chi connectivity index (χ3v) is 3.41. The number of nitrogens with zero attached hydrogens (tertiary/aromatic N) is 1. The number of aromatic nitrogens is 1. The molecule has 1 aromatic heterocycles. The van der Waals surface area contributed by atoms with E-state index < -0.39 is 0 Å². The fourth-order valence-corrected chi connectivity index (χ4v) is 2.51. The van der Waals surface area contributed by atoms with Gasteiger partial charge in [0.2, 0.25) is 0 Å². The number of nitrogens with two attached hydrogens (primary N) is 1. The molecule has 1 aliphatic carbocycles. The number of methoxy groups -OCH3 is 1. The molecule has 0 aromatic carbocycles. The highest BCUT2D eigenvalue weighted by Gasteiger charge is 2.16. The highest BCUT2D eigenvalue weighted by atomic mass is 16.5. The summed E-state index contributed by atoms with van der Waals surface area (Å²) in [6, 6.07) is 2.00. The summed E-state index contributed by atoms with van der Waals surface area (Å²) in [7, 11) is 1.66. The smallest absolute Gasteiger partial charge is 0.255 e. The maximum absolute atomic E-state index is 12.2. The standard InChI is InChI=1S/C13H20N2O2/c1-17-7-6-15-12-5-3-2-4-10(12)8-11(9-14)13(15)16/h8H,2-7,9,14H2,1H3. The Bertz CT molecular complexity index is 451. The van der Waals surface area contributed by atoms with Crippen molar-refractivity contribution in [2.45, 2.75) is 38.8 Å². The second-order valence-electron chi connectivity index (χ2n) is 4.50. The number of aryl methyl sites for hydroxylation is 1. The highest BCUT2D eigenvalue weighted by molar-refractivity contribution is 5.29. The lowest BCUT2D eigenvalue weighted by Gasteiger charge is -2.22. The Morgan fingerprint density at radius 1 is 1.41 bits per heavy atom. The van der Waals surface area contributed by atoms with Crippen molar-refractivity contribution in [2.24, 2.45) is 5.73 Å². The van der Waals surface area contributed by atoms with Crippen LogP contribution in [0.15, 0.2) is 10.9 Å². The summed E-state index contributed by atoms with van der Waals surface area (Å²) >= 11 is 0. The minimum Gasteiger partial charge on any atom is -0.383 e. The Labute approximate surface area is 101 Å². The molecule has 0 saturated heterocycles. The number of fused-ring (bicyclic) bond motifs is 1. The number of hydrogen-bond acceptors (Lipinski definition) is 3. The normalized spacial score (nSPS) is 14.7. The summed E-state index contributed by atoms with van der Waals surface area (Å²) in [4.78, 5) is 12.2. The zero-order valence-corrected chi connectivity index (χ0v) is 10.4. The van der Waals surface area contributed by atoms with E-state index in [0.717, 1.165) is 18.4 Å². The van der Waals surface area contributed by atoms with Crippen molar-refractivity contribution < 1.29 is 4.74 Å². The molecule has 0 unspecified atom stereocenters. The van der Waals surface area contributed by atoms with Gasteiger partial charge in [0.15, 0.2) is 0 Å². The molecule has 2 N–H and O–H groups in total. The van der Waals surface area contributed by atoms with Gasteiger partial charge in [-0.25, -0.2) is 0 Å². The molecule has 0 saturated carbocycles. The lowest BCUT2D eigenvalue weighted by molar-refractivity contribution is 0.185. The molecule has 17 heavy (non-hydrogen) atoms. The minimum atomic E-state index is 0.0604. The molecule has 4 nitrogen and oxygen atoms in total. The van der Waals surface area contributed by atoms with Gasteiger partial charge in [-0.3, -0.25) is 4.79 Å². The Morgan fingerprint density at radius 3 is 2.88 bits per heavy atom. The predicted molar refractivity (Wildman–Crippen MR) is 67.1 cm³/mol. The van der Waals surface area contributed by atoms with Crippen LogP contribution in [0.2, 0.25) is 0 Å². The summed E-state index contributed by atoms with van der Waals surface area (Å²) in [6.07, 6.45) is 4.44. The molecule has 0 bridgehead atoms. The van der Waals surface area contributed by atoms with E-state index in [1.54, 1.807) is 7.11 Å². The fraction of sp³-hybridized carbons (Fsp3) is 0.615. The van der Waals surface area contributed by atoms with E-state index >= 15 is 0 Å². The van der Waals surface area contributed by atoms with E-state index in [-0.39, 0.29) is 5.56 Å². The van der Waals surface area contributed by atoms with Gasteiger partial charge in [0.05, 0.1) is 6.61 Å². The molecule has 0 amide bonds. The number of pyridine rings is 1. The van der Waals surface area contributed by atoms with E-state index in [1.807, 2.05) is 10.6 Å². The molecule has 1 heterocycles. The van der Waals surface area contributed by atoms with E-state index in [1.165, 1.54) is 24.1 Å². The molecule has 0 fully saturated rings. The molecule has 1 aromatic rings. The van der Waals surface area contributed by atoms with Crippen molar-refractivity contribution in [3.8, 4) is 0 Å². The van der Waals surface area contributed by atoms with E-state index in [4.69, 9.17) is 10.5 Å². The average molecular weight is 236 g/mol. The summed E-state index contributed by atoms with van der Waals surface area (Å²) in [5, 5.41) is 0. The van der Waals surface area contributed by atoms with Crippen molar-refractivity contribution in [3.63, 3.8) is 0 Å². The lowest BCUT2D eigenvalue weighted by atomic mass is 9.94. The number of hydrogen-bond donors (Lipinski definition) is 1. The predicted octanol–water partition coefficient (Wildman–Crippen LogP) is 0.832. The first-order valence-electron chi connectivity index (χ1n) is 6.21. The van der Waals surface area contributed by atoms with Crippen molar-refractivity contribution in [1.82, 2.24) is 4.57 Å². The van der Waals surface area contributed by atoms with Gasteiger partial charge in [-0.05, 0) is 37.3 Å². The second-order valence-corrected chi connectivity index (χ2v) is 4.50. The number of rotatable bonds is 4. The van der Waals surface area contributed by atoms with Crippen LogP contribution in [0.1, 0.15) is 29.7 Å². The van der Waals surface area contributed by atoms with Crippen LogP contribution in [0.25, 0.3) is 0 Å². The van der Waals surface area contributed by atoms with Crippen molar-refractivity contribution in [2.75, 3.05) is 13.7 Å². The maximum Gasteiger partial charge on any atom is 0.255 e. The topological polar surface area (TPSA) is 57.2 Å². The highest BCUT2D eigenvalue weighted by Crippen LogP contribution is 2.20. The number of ether oxygens (including phenoxy) is 1. The van der Waals surface area contributed by atoms with Crippen molar-refractivity contribution in [3.05, 3.63) is 33.2 Å². The van der Waals surface area contributed by atoms with Crippen LogP contribution in [0, 0.1) is 0 Å². The first-order valence-corrected chi connectivity index (χ1v) is 6.21. The molecule has 4 heteroatoms. The van der Waals surface area contributed by atoms with Gasteiger partial charge < -0.3 is 15.0 Å². The van der Waals surface area contributed by atoms with E-state index in [0.29, 0.717) is 19.7 Å². The van der Waals surface area contributed by atoms with Gasteiger partial charge in [-0.2, -0.15) is 0 Å². The summed E-state index contributed by atoms with van der Waals surface area (Å²) < 4.78 is 6.94. The van der Waals surface area contributed by atoms with Gasteiger partial charge in [-0.15, -0.1) is 0 Å². The second kappa shape index (κ2) is 5.47. The van der Waals surface area contributed by atoms with Crippen LogP contribution in [-0.2, 0) is 30.7 Å². The zero-order valence-electron chi connectivity index (χ0n) is 10.4. The van der Waals surface area contributed by atoms with Gasteiger partial charge in [0.1, 0.15) is 0 Å². The van der Waals surface area contributed by atoms with Gasteiger partial charge in [0.25, 0.3) is 5.56 Å². The van der Waals surface area contributed by atoms with Crippen LogP contribution in [0.3, 0.4) is 0 Å². The van der Waals surface area contributed by atoms with Crippen molar-refractivity contribution >= 4 is 0 Å². The van der Waals surface area contributed by atoms with Crippen molar-refractivity contribution in [1.29, 1.82) is 0 Å². The Morgan fingerprint density at radius 2 is 2.18 bits per heavy atom. The van der Waals surface area contributed by atoms with Gasteiger partial charge in [-0.1, -0.05) is 0 Å². The third kappa shape index (κ3) is 2.42. The zero-order chi connectivity index (χ0) is 12.3. The quantitative estimate of drug-likeness (QED) is 0.842. The van der Waals surface area contributed by atoms with Crippen LogP contribution in [-0.4, -0.2) is 18.3 Å². The summed E-state index contributed by atoms with van der Waals surface area (Å²) in [5.41, 5.74) is 8.91. The monoisotopic (exact) mass is 236 g/mol. The molecule has 0 aliphatic heterocycles. The molecule has 0 atom stereocenters. The molecular formula is C13H20N2O2. The maximum atomic E-state index is 12.2. The molecular weight excluding hydrogens is 216 g/mol. The Kier molecular flexibility index (Phi) is 3.97. The lowest BCUT2D eigenvalue weighted by Crippen LogP contribution is -2.31.